The quantitative estimate of drug-likeness (QED) is 0.515. The van der Waals surface area contributed by atoms with Gasteiger partial charge in [0.1, 0.15) is 5.75 Å². The lowest BCUT2D eigenvalue weighted by Gasteiger charge is -2.24. The number of phenols is 1. The molecule has 0 saturated heterocycles. The van der Waals surface area contributed by atoms with E-state index in [1.165, 1.54) is 6.07 Å². The van der Waals surface area contributed by atoms with Crippen molar-refractivity contribution in [2.24, 2.45) is 0 Å². The minimum Gasteiger partial charge on any atom is -0.507 e. The van der Waals surface area contributed by atoms with Crippen molar-refractivity contribution in [3.8, 4) is 5.75 Å². The predicted molar refractivity (Wildman–Crippen MR) is 58.3 cm³/mol. The van der Waals surface area contributed by atoms with Crippen molar-refractivity contribution in [2.45, 2.75) is 32.7 Å². The lowest BCUT2D eigenvalue weighted by molar-refractivity contribution is -0.170. The Morgan fingerprint density at radius 2 is 1.93 bits per heavy atom. The van der Waals surface area contributed by atoms with Crippen LogP contribution in [-0.4, -0.2) is 15.8 Å². The van der Waals surface area contributed by atoms with Gasteiger partial charge < -0.3 is 20.7 Å². The molecule has 0 aliphatic rings. The molecule has 0 amide bonds. The number of anilines is 1. The maximum atomic E-state index is 9.70. The largest absolute Gasteiger partial charge is 0.507 e. The Bertz CT molecular complexity index is 344. The molecule has 4 heteroatoms. The van der Waals surface area contributed by atoms with Gasteiger partial charge in [-0.3, -0.25) is 0 Å². The predicted octanol–water partition coefficient (Wildman–Crippen LogP) is 1.78. The third-order valence-corrected chi connectivity index (χ3v) is 1.79. The molecule has 15 heavy (non-hydrogen) atoms. The second kappa shape index (κ2) is 4.08. The van der Waals surface area contributed by atoms with Gasteiger partial charge in [-0.25, -0.2) is 0 Å². The minimum absolute atomic E-state index is 0.0632. The molecule has 0 bridgehead atoms. The van der Waals surface area contributed by atoms with Crippen LogP contribution in [0.3, 0.4) is 0 Å². The third kappa shape index (κ3) is 3.42. The highest BCUT2D eigenvalue weighted by Gasteiger charge is 2.20. The van der Waals surface area contributed by atoms with Crippen LogP contribution >= 0.6 is 0 Å². The standard InChI is InChI=1S/C11H17NO3/c1-11(2,3)15-10(14)8-5-4-7(12)6-9(8)13/h4-6,10,13-14H,12H2,1-3H3. The van der Waals surface area contributed by atoms with Crippen molar-refractivity contribution in [1.29, 1.82) is 0 Å². The van der Waals surface area contributed by atoms with Crippen LogP contribution < -0.4 is 5.73 Å². The summed E-state index contributed by atoms with van der Waals surface area (Å²) in [4.78, 5) is 0. The SMILES string of the molecule is CC(C)(C)OC(O)c1ccc(N)cc1O. The van der Waals surface area contributed by atoms with Gasteiger partial charge in [0.15, 0.2) is 6.29 Å². The zero-order valence-electron chi connectivity index (χ0n) is 9.19. The summed E-state index contributed by atoms with van der Waals surface area (Å²) in [5.74, 6) is -0.0632. The fourth-order valence-electron chi connectivity index (χ4n) is 1.17. The fourth-order valence-corrected chi connectivity index (χ4v) is 1.17. The van der Waals surface area contributed by atoms with Gasteiger partial charge >= 0.3 is 0 Å². The van der Waals surface area contributed by atoms with Crippen LogP contribution in [-0.2, 0) is 4.74 Å². The smallest absolute Gasteiger partial charge is 0.185 e. The van der Waals surface area contributed by atoms with Crippen LogP contribution in [0, 0.1) is 0 Å². The van der Waals surface area contributed by atoms with E-state index in [1.807, 2.05) is 20.8 Å². The topological polar surface area (TPSA) is 75.7 Å². The highest BCUT2D eigenvalue weighted by Crippen LogP contribution is 2.29. The number of hydrogen-bond donors (Lipinski definition) is 3. The van der Waals surface area contributed by atoms with Crippen molar-refractivity contribution >= 4 is 5.69 Å². The molecule has 0 fully saturated rings. The van der Waals surface area contributed by atoms with E-state index in [0.717, 1.165) is 0 Å². The van der Waals surface area contributed by atoms with Gasteiger partial charge in [-0.05, 0) is 32.9 Å². The molecular weight excluding hydrogens is 194 g/mol. The minimum atomic E-state index is -1.15. The first-order valence-corrected chi connectivity index (χ1v) is 4.74. The third-order valence-electron chi connectivity index (χ3n) is 1.79. The molecule has 84 valence electrons. The molecular formula is C11H17NO3. The van der Waals surface area contributed by atoms with Crippen LogP contribution in [0.15, 0.2) is 18.2 Å². The lowest BCUT2D eigenvalue weighted by Crippen LogP contribution is -2.22. The van der Waals surface area contributed by atoms with Gasteiger partial charge in [0, 0.05) is 17.3 Å². The first-order valence-electron chi connectivity index (χ1n) is 4.74. The van der Waals surface area contributed by atoms with Gasteiger partial charge in [0.05, 0.1) is 5.60 Å². The zero-order chi connectivity index (χ0) is 11.6. The highest BCUT2D eigenvalue weighted by molar-refractivity contribution is 5.48. The highest BCUT2D eigenvalue weighted by atomic mass is 16.6. The first-order chi connectivity index (χ1) is 6.79. The van der Waals surface area contributed by atoms with Crippen molar-refractivity contribution in [3.05, 3.63) is 23.8 Å². The molecule has 0 aliphatic heterocycles. The second-order valence-corrected chi connectivity index (χ2v) is 4.40. The summed E-state index contributed by atoms with van der Waals surface area (Å²) < 4.78 is 5.30. The molecule has 4 nitrogen and oxygen atoms in total. The number of aromatic hydroxyl groups is 1. The molecule has 1 aromatic carbocycles. The number of rotatable bonds is 2. The van der Waals surface area contributed by atoms with Crippen molar-refractivity contribution < 1.29 is 14.9 Å². The van der Waals surface area contributed by atoms with E-state index in [2.05, 4.69) is 0 Å². The average molecular weight is 211 g/mol. The number of aliphatic hydroxyl groups excluding tert-OH is 1. The lowest BCUT2D eigenvalue weighted by atomic mass is 10.1. The summed E-state index contributed by atoms with van der Waals surface area (Å²) in [6, 6.07) is 4.52. The summed E-state index contributed by atoms with van der Waals surface area (Å²) in [6.45, 7) is 5.47. The Morgan fingerprint density at radius 3 is 2.40 bits per heavy atom. The molecule has 1 aromatic rings. The Labute approximate surface area is 89.3 Å². The van der Waals surface area contributed by atoms with Crippen LogP contribution in [0.4, 0.5) is 5.69 Å². The van der Waals surface area contributed by atoms with Crippen LogP contribution in [0.2, 0.25) is 0 Å². The molecule has 0 spiro atoms. The van der Waals surface area contributed by atoms with E-state index in [0.29, 0.717) is 11.3 Å². The van der Waals surface area contributed by atoms with Gasteiger partial charge in [-0.2, -0.15) is 0 Å². The summed E-state index contributed by atoms with van der Waals surface area (Å²) in [6.07, 6.45) is -1.15. The summed E-state index contributed by atoms with van der Waals surface area (Å²) in [5, 5.41) is 19.2. The Balaban J connectivity index is 2.87. The van der Waals surface area contributed by atoms with E-state index in [9.17, 15) is 10.2 Å². The average Bonchev–Trinajstić information content (AvgIpc) is 1.99. The van der Waals surface area contributed by atoms with Crippen molar-refractivity contribution in [2.75, 3.05) is 5.73 Å². The number of hydrogen-bond acceptors (Lipinski definition) is 4. The normalized spacial score (nSPS) is 13.9. The molecule has 1 unspecified atom stereocenters. The van der Waals surface area contributed by atoms with Gasteiger partial charge in [0.2, 0.25) is 0 Å². The molecule has 4 N–H and O–H groups in total. The molecule has 0 aromatic heterocycles. The second-order valence-electron chi connectivity index (χ2n) is 4.40. The zero-order valence-corrected chi connectivity index (χ0v) is 9.19. The molecule has 1 rings (SSSR count). The van der Waals surface area contributed by atoms with Crippen LogP contribution in [0.5, 0.6) is 5.75 Å². The number of aliphatic hydroxyl groups is 1. The number of ether oxygens (including phenoxy) is 1. The maximum Gasteiger partial charge on any atom is 0.185 e. The number of phenolic OH excluding ortho intramolecular Hbond substituents is 1. The fraction of sp³-hybridized carbons (Fsp3) is 0.455. The van der Waals surface area contributed by atoms with Crippen LogP contribution in [0.25, 0.3) is 0 Å². The van der Waals surface area contributed by atoms with E-state index < -0.39 is 11.9 Å². The molecule has 0 radical (unpaired) electrons. The molecule has 1 atom stereocenters. The Morgan fingerprint density at radius 1 is 1.33 bits per heavy atom. The number of nitrogen functional groups attached to an aromatic ring is 1. The van der Waals surface area contributed by atoms with Crippen LogP contribution in [0.1, 0.15) is 32.6 Å². The van der Waals surface area contributed by atoms with Crippen molar-refractivity contribution in [3.63, 3.8) is 0 Å². The molecule has 0 heterocycles. The number of benzene rings is 1. The van der Waals surface area contributed by atoms with Gasteiger partial charge in [-0.1, -0.05) is 0 Å². The molecule has 0 saturated carbocycles. The summed E-state index contributed by atoms with van der Waals surface area (Å²) in [7, 11) is 0. The molecule has 0 aliphatic carbocycles. The Hall–Kier alpha value is -1.26. The van der Waals surface area contributed by atoms with E-state index in [1.54, 1.807) is 12.1 Å². The van der Waals surface area contributed by atoms with Gasteiger partial charge in [-0.15, -0.1) is 0 Å². The Kier molecular flexibility index (Phi) is 3.21. The maximum absolute atomic E-state index is 9.70. The van der Waals surface area contributed by atoms with Gasteiger partial charge in [0.25, 0.3) is 0 Å². The first kappa shape index (κ1) is 11.8. The van der Waals surface area contributed by atoms with Crippen molar-refractivity contribution in [1.82, 2.24) is 0 Å². The monoisotopic (exact) mass is 211 g/mol. The summed E-state index contributed by atoms with van der Waals surface area (Å²) >= 11 is 0. The number of nitrogens with two attached hydrogens (primary N) is 1. The van der Waals surface area contributed by atoms with E-state index in [-0.39, 0.29) is 5.75 Å². The van der Waals surface area contributed by atoms with E-state index >= 15 is 0 Å². The summed E-state index contributed by atoms with van der Waals surface area (Å²) in [5.41, 5.74) is 5.76. The van der Waals surface area contributed by atoms with E-state index in [4.69, 9.17) is 10.5 Å².